The number of ether oxygens (including phenoxy) is 1. The molecule has 0 aromatic heterocycles. The van der Waals surface area contributed by atoms with E-state index in [1.807, 2.05) is 0 Å². The molecule has 5 heteroatoms. The van der Waals surface area contributed by atoms with E-state index in [2.05, 4.69) is 0 Å². The second kappa shape index (κ2) is 2.70. The lowest BCUT2D eigenvalue weighted by atomic mass is 10.1. The second-order valence-corrected chi connectivity index (χ2v) is 2.78. The molecule has 1 aromatic carbocycles. The molecule has 0 bridgehead atoms. The van der Waals surface area contributed by atoms with Crippen LogP contribution >= 0.6 is 0 Å². The summed E-state index contributed by atoms with van der Waals surface area (Å²) in [6.07, 6.45) is -2.52. The zero-order valence-corrected chi connectivity index (χ0v) is 6.58. The Balaban J connectivity index is 2.38. The predicted molar refractivity (Wildman–Crippen MR) is 42.8 cm³/mol. The minimum atomic E-state index is -1.36. The van der Waals surface area contributed by atoms with Crippen molar-refractivity contribution in [3.05, 3.63) is 39.9 Å². The quantitative estimate of drug-likeness (QED) is 0.511. The number of aliphatic hydroxyl groups excluding tert-OH is 1. The Labute approximate surface area is 73.7 Å². The van der Waals surface area contributed by atoms with Crippen LogP contribution in [0.1, 0.15) is 11.7 Å². The lowest BCUT2D eigenvalue weighted by Crippen LogP contribution is -2.27. The van der Waals surface area contributed by atoms with Gasteiger partial charge in [-0.05, 0) is 6.07 Å². The van der Waals surface area contributed by atoms with Crippen molar-refractivity contribution in [1.82, 2.24) is 0 Å². The summed E-state index contributed by atoms with van der Waals surface area (Å²) in [4.78, 5) is 9.77. The van der Waals surface area contributed by atoms with E-state index < -0.39 is 17.3 Å². The number of benzene rings is 1. The maximum absolute atomic E-state index is 10.4. The van der Waals surface area contributed by atoms with Gasteiger partial charge >= 0.3 is 6.23 Å². The maximum atomic E-state index is 10.4. The van der Waals surface area contributed by atoms with Gasteiger partial charge in [0.2, 0.25) is 0 Å². The average Bonchev–Trinajstić information content (AvgIpc) is 2.45. The third-order valence-electron chi connectivity index (χ3n) is 1.96. The third-order valence-corrected chi connectivity index (χ3v) is 1.96. The highest BCUT2D eigenvalue weighted by atomic mass is 16.7. The van der Waals surface area contributed by atoms with Crippen LogP contribution in [-0.2, 0) is 0 Å². The fourth-order valence-electron chi connectivity index (χ4n) is 1.34. The molecule has 1 aliphatic heterocycles. The van der Waals surface area contributed by atoms with E-state index in [1.54, 1.807) is 24.3 Å². The Kier molecular flexibility index (Phi) is 1.66. The van der Waals surface area contributed by atoms with Crippen LogP contribution in [0.2, 0.25) is 0 Å². The summed E-state index contributed by atoms with van der Waals surface area (Å²) in [6, 6.07) is 6.62. The zero-order valence-electron chi connectivity index (χ0n) is 6.58. The third kappa shape index (κ3) is 1.13. The van der Waals surface area contributed by atoms with Gasteiger partial charge in [-0.25, -0.2) is 0 Å². The summed E-state index contributed by atoms with van der Waals surface area (Å²) >= 11 is 0. The molecule has 0 saturated heterocycles. The molecule has 5 nitrogen and oxygen atoms in total. The summed E-state index contributed by atoms with van der Waals surface area (Å²) in [5.74, 6) is 0.386. The standard InChI is InChI=1S/C8H7NO4/c10-7-5-3-1-2-4-6(5)13-8(7)9(11)12/h1-4,7-8,10H/t7-,8-/m1/s1. The number of para-hydroxylation sites is 1. The molecular formula is C8H7NO4. The smallest absolute Gasteiger partial charge is 0.384 e. The number of nitrogens with zero attached hydrogens (tertiary/aromatic N) is 1. The summed E-state index contributed by atoms with van der Waals surface area (Å²) in [7, 11) is 0. The van der Waals surface area contributed by atoms with Crippen LogP contribution in [0.25, 0.3) is 0 Å². The number of hydrogen-bond donors (Lipinski definition) is 1. The minimum Gasteiger partial charge on any atom is -0.427 e. The van der Waals surface area contributed by atoms with Crippen LogP contribution in [0.3, 0.4) is 0 Å². The number of aliphatic hydroxyl groups is 1. The van der Waals surface area contributed by atoms with Gasteiger partial charge in [0, 0.05) is 5.56 Å². The van der Waals surface area contributed by atoms with Crippen LogP contribution in [0, 0.1) is 10.1 Å². The highest BCUT2D eigenvalue weighted by Crippen LogP contribution is 2.36. The number of nitro groups is 1. The summed E-state index contributed by atoms with van der Waals surface area (Å²) in [5, 5.41) is 19.8. The molecule has 0 fully saturated rings. The van der Waals surface area contributed by atoms with Crippen molar-refractivity contribution >= 4 is 0 Å². The molecule has 13 heavy (non-hydrogen) atoms. The van der Waals surface area contributed by atoms with Crippen molar-refractivity contribution in [3.63, 3.8) is 0 Å². The number of fused-ring (bicyclic) bond motifs is 1. The molecule has 2 atom stereocenters. The molecule has 2 rings (SSSR count). The van der Waals surface area contributed by atoms with Crippen molar-refractivity contribution in [2.24, 2.45) is 0 Å². The Bertz CT molecular complexity index is 352. The van der Waals surface area contributed by atoms with E-state index in [0.717, 1.165) is 0 Å². The van der Waals surface area contributed by atoms with Crippen molar-refractivity contribution in [2.75, 3.05) is 0 Å². The number of hydrogen-bond acceptors (Lipinski definition) is 4. The van der Waals surface area contributed by atoms with E-state index in [1.165, 1.54) is 0 Å². The molecule has 1 heterocycles. The summed E-state index contributed by atoms with van der Waals surface area (Å²) < 4.78 is 4.93. The highest BCUT2D eigenvalue weighted by molar-refractivity contribution is 5.38. The number of rotatable bonds is 1. The molecule has 0 amide bonds. The zero-order chi connectivity index (χ0) is 9.42. The van der Waals surface area contributed by atoms with Crippen LogP contribution < -0.4 is 4.74 Å². The van der Waals surface area contributed by atoms with E-state index in [0.29, 0.717) is 11.3 Å². The van der Waals surface area contributed by atoms with E-state index in [4.69, 9.17) is 4.74 Å². The van der Waals surface area contributed by atoms with Crippen molar-refractivity contribution in [1.29, 1.82) is 0 Å². The molecule has 0 radical (unpaired) electrons. The van der Waals surface area contributed by atoms with Crippen LogP contribution in [0.15, 0.2) is 24.3 Å². The van der Waals surface area contributed by atoms with Crippen molar-refractivity contribution in [2.45, 2.75) is 12.3 Å². The van der Waals surface area contributed by atoms with E-state index in [9.17, 15) is 15.2 Å². The Morgan fingerprint density at radius 2 is 2.15 bits per heavy atom. The predicted octanol–water partition coefficient (Wildman–Crippen LogP) is 0.715. The van der Waals surface area contributed by atoms with Gasteiger partial charge in [0.15, 0.2) is 6.10 Å². The molecule has 0 spiro atoms. The summed E-state index contributed by atoms with van der Waals surface area (Å²) in [6.45, 7) is 0. The molecule has 1 N–H and O–H groups in total. The van der Waals surface area contributed by atoms with Gasteiger partial charge in [0.25, 0.3) is 0 Å². The lowest BCUT2D eigenvalue weighted by molar-refractivity contribution is -0.572. The molecule has 0 unspecified atom stereocenters. The lowest BCUT2D eigenvalue weighted by Gasteiger charge is -2.04. The van der Waals surface area contributed by atoms with Gasteiger partial charge in [-0.15, -0.1) is 0 Å². The molecular weight excluding hydrogens is 174 g/mol. The fraction of sp³-hybridized carbons (Fsp3) is 0.250. The Morgan fingerprint density at radius 1 is 1.46 bits per heavy atom. The second-order valence-electron chi connectivity index (χ2n) is 2.78. The molecule has 68 valence electrons. The van der Waals surface area contributed by atoms with Gasteiger partial charge in [-0.2, -0.15) is 0 Å². The van der Waals surface area contributed by atoms with Gasteiger partial charge in [0.1, 0.15) is 5.75 Å². The highest BCUT2D eigenvalue weighted by Gasteiger charge is 2.41. The first kappa shape index (κ1) is 8.00. The SMILES string of the molecule is O=[N+]([O-])[C@@H]1Oc2ccccc2[C@H]1O. The van der Waals surface area contributed by atoms with E-state index >= 15 is 0 Å². The largest absolute Gasteiger partial charge is 0.427 e. The topological polar surface area (TPSA) is 72.6 Å². The van der Waals surface area contributed by atoms with Crippen molar-refractivity contribution < 1.29 is 14.8 Å². The van der Waals surface area contributed by atoms with Gasteiger partial charge in [-0.3, -0.25) is 10.1 Å². The van der Waals surface area contributed by atoms with Gasteiger partial charge in [-0.1, -0.05) is 18.2 Å². The maximum Gasteiger partial charge on any atom is 0.384 e. The molecule has 1 aromatic rings. The normalized spacial score (nSPS) is 25.0. The average molecular weight is 181 g/mol. The van der Waals surface area contributed by atoms with Crippen molar-refractivity contribution in [3.8, 4) is 5.75 Å². The summed E-state index contributed by atoms with van der Waals surface area (Å²) in [5.41, 5.74) is 0.476. The molecule has 1 aliphatic rings. The molecule has 0 saturated carbocycles. The molecule has 0 aliphatic carbocycles. The fourth-order valence-corrected chi connectivity index (χ4v) is 1.34. The van der Waals surface area contributed by atoms with Gasteiger partial charge < -0.3 is 9.84 Å². The monoisotopic (exact) mass is 181 g/mol. The first-order valence-electron chi connectivity index (χ1n) is 3.77. The first-order chi connectivity index (χ1) is 6.20. The minimum absolute atomic E-state index is 0.386. The van der Waals surface area contributed by atoms with E-state index in [-0.39, 0.29) is 0 Å². The van der Waals surface area contributed by atoms with Crippen LogP contribution in [-0.4, -0.2) is 16.3 Å². The van der Waals surface area contributed by atoms with Crippen LogP contribution in [0.5, 0.6) is 5.75 Å². The Hall–Kier alpha value is -1.62. The Morgan fingerprint density at radius 3 is 2.77 bits per heavy atom. The van der Waals surface area contributed by atoms with Gasteiger partial charge in [0.05, 0.1) is 4.92 Å². The first-order valence-corrected chi connectivity index (χ1v) is 3.77. The van der Waals surface area contributed by atoms with Crippen LogP contribution in [0.4, 0.5) is 0 Å².